The van der Waals surface area contributed by atoms with Gasteiger partial charge in [-0.1, -0.05) is 27.7 Å². The first-order chi connectivity index (χ1) is 7.09. The van der Waals surface area contributed by atoms with Crippen LogP contribution >= 0.6 is 0 Å². The predicted molar refractivity (Wildman–Crippen MR) is 63.8 cm³/mol. The molecule has 0 saturated carbocycles. The van der Waals surface area contributed by atoms with Crippen LogP contribution in [0.3, 0.4) is 0 Å². The fraction of sp³-hybridized carbons (Fsp3) is 0.500. The Bertz CT molecular complexity index is 308. The second-order valence-corrected chi connectivity index (χ2v) is 3.33. The van der Waals surface area contributed by atoms with Crippen LogP contribution in [-0.4, -0.2) is 10.9 Å². The molecule has 0 aromatic carbocycles. The molecule has 0 saturated heterocycles. The van der Waals surface area contributed by atoms with Crippen molar-refractivity contribution in [3.05, 3.63) is 24.0 Å². The van der Waals surface area contributed by atoms with E-state index in [4.69, 9.17) is 0 Å². The quantitative estimate of drug-likeness (QED) is 0.811. The molecule has 1 N–H and O–H groups in total. The third kappa shape index (κ3) is 5.15. The first-order valence-corrected chi connectivity index (χ1v) is 5.33. The highest BCUT2D eigenvalue weighted by Gasteiger charge is 2.06. The monoisotopic (exact) mass is 208 g/mol. The van der Waals surface area contributed by atoms with Gasteiger partial charge in [0.25, 0.3) is 0 Å². The Labute approximate surface area is 91.9 Å². The maximum Gasteiger partial charge on any atom is 0.226 e. The summed E-state index contributed by atoms with van der Waals surface area (Å²) in [5.74, 6) is 0.0408. The number of pyridine rings is 1. The third-order valence-electron chi connectivity index (χ3n) is 1.69. The molecule has 0 aliphatic carbocycles. The largest absolute Gasteiger partial charge is 0.326 e. The van der Waals surface area contributed by atoms with Gasteiger partial charge in [-0.05, 0) is 19.1 Å². The zero-order valence-electron chi connectivity index (χ0n) is 10.2. The number of carbonyl (C=O) groups is 1. The van der Waals surface area contributed by atoms with Crippen LogP contribution < -0.4 is 5.32 Å². The molecule has 1 rings (SSSR count). The molecule has 0 aliphatic rings. The van der Waals surface area contributed by atoms with Gasteiger partial charge >= 0.3 is 0 Å². The topological polar surface area (TPSA) is 42.0 Å². The van der Waals surface area contributed by atoms with E-state index in [1.807, 2.05) is 40.7 Å². The zero-order chi connectivity index (χ0) is 11.8. The van der Waals surface area contributed by atoms with E-state index >= 15 is 0 Å². The number of aryl methyl sites for hydroxylation is 1. The van der Waals surface area contributed by atoms with E-state index < -0.39 is 0 Å². The summed E-state index contributed by atoms with van der Waals surface area (Å²) in [5.41, 5.74) is 1.72. The maximum absolute atomic E-state index is 11.3. The summed E-state index contributed by atoms with van der Waals surface area (Å²) >= 11 is 0. The van der Waals surface area contributed by atoms with Gasteiger partial charge in [-0.25, -0.2) is 0 Å². The van der Waals surface area contributed by atoms with E-state index in [9.17, 15) is 4.79 Å². The number of carbonyl (C=O) groups excluding carboxylic acids is 1. The Balaban J connectivity index is 0.000000921. The van der Waals surface area contributed by atoms with Crippen LogP contribution in [0.2, 0.25) is 0 Å². The molecular formula is C12H20N2O. The molecule has 0 spiro atoms. The standard InChI is InChI=1S/C10H14N2O.C2H6/c1-7(2)10(13)12-9-4-5-11-8(3)6-9;1-2/h4-7H,1-3H3,(H,11,12,13);1-2H3. The lowest BCUT2D eigenvalue weighted by molar-refractivity contribution is -0.118. The molecule has 3 nitrogen and oxygen atoms in total. The minimum Gasteiger partial charge on any atom is -0.326 e. The van der Waals surface area contributed by atoms with Gasteiger partial charge in [-0.15, -0.1) is 0 Å². The lowest BCUT2D eigenvalue weighted by Crippen LogP contribution is -2.17. The molecule has 0 bridgehead atoms. The molecule has 0 atom stereocenters. The molecular weight excluding hydrogens is 188 g/mol. The number of nitrogens with zero attached hydrogens (tertiary/aromatic N) is 1. The molecule has 0 unspecified atom stereocenters. The fourth-order valence-corrected chi connectivity index (χ4v) is 0.910. The molecule has 1 heterocycles. The Morgan fingerprint density at radius 2 is 2.00 bits per heavy atom. The fourth-order valence-electron chi connectivity index (χ4n) is 0.910. The van der Waals surface area contributed by atoms with Crippen molar-refractivity contribution in [2.75, 3.05) is 5.32 Å². The van der Waals surface area contributed by atoms with Crippen molar-refractivity contribution in [1.82, 2.24) is 4.98 Å². The summed E-state index contributed by atoms with van der Waals surface area (Å²) in [7, 11) is 0. The maximum atomic E-state index is 11.3. The minimum atomic E-state index is 0.00784. The van der Waals surface area contributed by atoms with Gasteiger partial charge in [0.1, 0.15) is 0 Å². The molecule has 84 valence electrons. The van der Waals surface area contributed by atoms with Crippen molar-refractivity contribution in [2.24, 2.45) is 5.92 Å². The summed E-state index contributed by atoms with van der Waals surface area (Å²) in [6.45, 7) is 9.62. The molecule has 0 fully saturated rings. The molecule has 1 aromatic heterocycles. The number of hydrogen-bond donors (Lipinski definition) is 1. The average Bonchev–Trinajstić information content (AvgIpc) is 2.20. The number of hydrogen-bond acceptors (Lipinski definition) is 2. The zero-order valence-corrected chi connectivity index (χ0v) is 10.2. The van der Waals surface area contributed by atoms with Gasteiger partial charge in [0.05, 0.1) is 0 Å². The second-order valence-electron chi connectivity index (χ2n) is 3.33. The van der Waals surface area contributed by atoms with Crippen LogP contribution in [0.5, 0.6) is 0 Å². The van der Waals surface area contributed by atoms with Crippen molar-refractivity contribution in [3.8, 4) is 0 Å². The second kappa shape index (κ2) is 6.98. The molecule has 0 radical (unpaired) electrons. The van der Waals surface area contributed by atoms with Crippen LogP contribution in [0.25, 0.3) is 0 Å². The van der Waals surface area contributed by atoms with Crippen LogP contribution in [0.1, 0.15) is 33.4 Å². The van der Waals surface area contributed by atoms with Gasteiger partial charge in [0.15, 0.2) is 0 Å². The van der Waals surface area contributed by atoms with Crippen LogP contribution in [0, 0.1) is 12.8 Å². The Hall–Kier alpha value is -1.38. The molecule has 15 heavy (non-hydrogen) atoms. The van der Waals surface area contributed by atoms with E-state index in [1.54, 1.807) is 12.3 Å². The summed E-state index contributed by atoms with van der Waals surface area (Å²) in [6, 6.07) is 3.63. The van der Waals surface area contributed by atoms with Gasteiger partial charge in [-0.3, -0.25) is 9.78 Å². The third-order valence-corrected chi connectivity index (χ3v) is 1.69. The lowest BCUT2D eigenvalue weighted by Gasteiger charge is -2.07. The first kappa shape index (κ1) is 13.6. The van der Waals surface area contributed by atoms with Crippen LogP contribution in [0.15, 0.2) is 18.3 Å². The predicted octanol–water partition coefficient (Wildman–Crippen LogP) is 3.01. The smallest absolute Gasteiger partial charge is 0.226 e. The highest BCUT2D eigenvalue weighted by molar-refractivity contribution is 5.91. The molecule has 1 aromatic rings. The van der Waals surface area contributed by atoms with E-state index in [0.717, 1.165) is 11.4 Å². The van der Waals surface area contributed by atoms with E-state index in [1.165, 1.54) is 0 Å². The highest BCUT2D eigenvalue weighted by Crippen LogP contribution is 2.08. The van der Waals surface area contributed by atoms with Crippen molar-refractivity contribution >= 4 is 11.6 Å². The molecule has 1 amide bonds. The Kier molecular flexibility index (Phi) is 6.34. The highest BCUT2D eigenvalue weighted by atomic mass is 16.1. The van der Waals surface area contributed by atoms with Gasteiger partial charge in [-0.2, -0.15) is 0 Å². The van der Waals surface area contributed by atoms with E-state index in [2.05, 4.69) is 10.3 Å². The Morgan fingerprint density at radius 1 is 1.40 bits per heavy atom. The molecule has 3 heteroatoms. The van der Waals surface area contributed by atoms with Crippen molar-refractivity contribution < 1.29 is 4.79 Å². The minimum absolute atomic E-state index is 0.00784. The lowest BCUT2D eigenvalue weighted by atomic mass is 10.2. The van der Waals surface area contributed by atoms with Crippen molar-refractivity contribution in [3.63, 3.8) is 0 Å². The Morgan fingerprint density at radius 3 is 2.47 bits per heavy atom. The van der Waals surface area contributed by atoms with Crippen molar-refractivity contribution in [2.45, 2.75) is 34.6 Å². The first-order valence-electron chi connectivity index (χ1n) is 5.33. The summed E-state index contributed by atoms with van der Waals surface area (Å²) in [5, 5.41) is 2.80. The SMILES string of the molecule is CC.Cc1cc(NC(=O)C(C)C)ccn1. The van der Waals surface area contributed by atoms with E-state index in [-0.39, 0.29) is 11.8 Å². The van der Waals surface area contributed by atoms with Crippen molar-refractivity contribution in [1.29, 1.82) is 0 Å². The summed E-state index contributed by atoms with van der Waals surface area (Å²) < 4.78 is 0. The number of anilines is 1. The summed E-state index contributed by atoms with van der Waals surface area (Å²) in [4.78, 5) is 15.3. The number of aromatic nitrogens is 1. The normalized spacial score (nSPS) is 9.20. The van der Waals surface area contributed by atoms with E-state index in [0.29, 0.717) is 0 Å². The van der Waals surface area contributed by atoms with Crippen LogP contribution in [-0.2, 0) is 4.79 Å². The molecule has 0 aliphatic heterocycles. The average molecular weight is 208 g/mol. The summed E-state index contributed by atoms with van der Waals surface area (Å²) in [6.07, 6.45) is 1.69. The van der Waals surface area contributed by atoms with Gasteiger partial charge in [0, 0.05) is 23.5 Å². The van der Waals surface area contributed by atoms with Gasteiger partial charge in [0.2, 0.25) is 5.91 Å². The van der Waals surface area contributed by atoms with Gasteiger partial charge < -0.3 is 5.32 Å². The number of amides is 1. The number of rotatable bonds is 2. The van der Waals surface area contributed by atoms with Crippen LogP contribution in [0.4, 0.5) is 5.69 Å². The number of nitrogens with one attached hydrogen (secondary N) is 1.